The molecule has 7 nitrogen and oxygen atoms in total. The SMILES string of the molecule is O=c1[nH]c(Nc2cccc(OC(F)(F)F)c2)nc2nc[nH]c12. The van der Waals surface area contributed by atoms with E-state index in [1.54, 1.807) is 0 Å². The second-order valence-electron chi connectivity index (χ2n) is 4.22. The number of imidazole rings is 1. The van der Waals surface area contributed by atoms with E-state index in [0.29, 0.717) is 0 Å². The van der Waals surface area contributed by atoms with Gasteiger partial charge in [-0.25, -0.2) is 4.98 Å². The molecule has 0 aliphatic rings. The Kier molecular flexibility index (Phi) is 3.20. The predicted molar refractivity (Wildman–Crippen MR) is 70.9 cm³/mol. The molecular weight excluding hydrogens is 303 g/mol. The maximum atomic E-state index is 12.2. The molecule has 0 amide bonds. The van der Waals surface area contributed by atoms with Crippen molar-refractivity contribution in [2.24, 2.45) is 0 Å². The first-order chi connectivity index (χ1) is 10.4. The van der Waals surface area contributed by atoms with Crippen LogP contribution < -0.4 is 15.6 Å². The van der Waals surface area contributed by atoms with Gasteiger partial charge in [-0.05, 0) is 12.1 Å². The lowest BCUT2D eigenvalue weighted by Crippen LogP contribution is -2.17. The number of hydrogen-bond donors (Lipinski definition) is 3. The van der Waals surface area contributed by atoms with Crippen molar-refractivity contribution in [1.82, 2.24) is 19.9 Å². The van der Waals surface area contributed by atoms with Crippen LogP contribution >= 0.6 is 0 Å². The van der Waals surface area contributed by atoms with Crippen molar-refractivity contribution in [2.45, 2.75) is 6.36 Å². The summed E-state index contributed by atoms with van der Waals surface area (Å²) >= 11 is 0. The zero-order valence-corrected chi connectivity index (χ0v) is 10.7. The van der Waals surface area contributed by atoms with Crippen molar-refractivity contribution < 1.29 is 17.9 Å². The highest BCUT2D eigenvalue weighted by Gasteiger charge is 2.31. The van der Waals surface area contributed by atoms with Gasteiger partial charge in [-0.1, -0.05) is 6.07 Å². The molecule has 0 unspecified atom stereocenters. The first kappa shape index (κ1) is 13.9. The van der Waals surface area contributed by atoms with Crippen LogP contribution in [-0.2, 0) is 0 Å². The number of fused-ring (bicyclic) bond motifs is 1. The third-order valence-electron chi connectivity index (χ3n) is 2.63. The van der Waals surface area contributed by atoms with E-state index in [4.69, 9.17) is 0 Å². The van der Waals surface area contributed by atoms with Crippen molar-refractivity contribution in [2.75, 3.05) is 5.32 Å². The Hall–Kier alpha value is -3.04. The molecule has 0 saturated carbocycles. The summed E-state index contributed by atoms with van der Waals surface area (Å²) in [6.07, 6.45) is -3.46. The van der Waals surface area contributed by atoms with E-state index >= 15 is 0 Å². The maximum Gasteiger partial charge on any atom is 0.573 e. The van der Waals surface area contributed by atoms with Crippen LogP contribution in [0.1, 0.15) is 0 Å². The van der Waals surface area contributed by atoms with E-state index in [2.05, 4.69) is 30.0 Å². The monoisotopic (exact) mass is 311 g/mol. The number of benzene rings is 1. The third-order valence-corrected chi connectivity index (χ3v) is 2.63. The highest BCUT2D eigenvalue weighted by atomic mass is 19.4. The summed E-state index contributed by atoms with van der Waals surface area (Å²) in [6, 6.07) is 5.15. The average molecular weight is 311 g/mol. The molecule has 3 N–H and O–H groups in total. The number of aromatic amines is 2. The molecule has 3 rings (SSSR count). The number of ether oxygens (including phenoxy) is 1. The van der Waals surface area contributed by atoms with E-state index in [0.717, 1.165) is 12.1 Å². The Morgan fingerprint density at radius 1 is 1.27 bits per heavy atom. The van der Waals surface area contributed by atoms with Gasteiger partial charge in [-0.3, -0.25) is 9.78 Å². The summed E-state index contributed by atoms with van der Waals surface area (Å²) in [5, 5.41) is 2.68. The number of halogens is 3. The van der Waals surface area contributed by atoms with Crippen molar-refractivity contribution in [3.63, 3.8) is 0 Å². The number of H-pyrrole nitrogens is 2. The number of alkyl halides is 3. The first-order valence-electron chi connectivity index (χ1n) is 5.97. The Labute approximate surface area is 120 Å². The third kappa shape index (κ3) is 3.00. The van der Waals surface area contributed by atoms with Crippen LogP contribution in [0.4, 0.5) is 24.8 Å². The molecule has 0 bridgehead atoms. The summed E-state index contributed by atoms with van der Waals surface area (Å²) < 4.78 is 40.3. The van der Waals surface area contributed by atoms with Crippen LogP contribution in [0.25, 0.3) is 11.2 Å². The summed E-state index contributed by atoms with van der Waals surface area (Å²) in [7, 11) is 0. The van der Waals surface area contributed by atoms with Crippen LogP contribution in [0.15, 0.2) is 35.4 Å². The molecule has 1 aromatic carbocycles. The van der Waals surface area contributed by atoms with Gasteiger partial charge in [-0.2, -0.15) is 4.98 Å². The van der Waals surface area contributed by atoms with E-state index < -0.39 is 11.9 Å². The van der Waals surface area contributed by atoms with Gasteiger partial charge in [0.05, 0.1) is 6.33 Å². The topological polar surface area (TPSA) is 95.7 Å². The minimum atomic E-state index is -4.78. The molecule has 22 heavy (non-hydrogen) atoms. The Morgan fingerprint density at radius 2 is 2.09 bits per heavy atom. The van der Waals surface area contributed by atoms with Crippen LogP contribution in [0.3, 0.4) is 0 Å². The number of nitrogens with one attached hydrogen (secondary N) is 3. The fourth-order valence-electron chi connectivity index (χ4n) is 1.81. The van der Waals surface area contributed by atoms with Gasteiger partial charge in [0.25, 0.3) is 5.56 Å². The number of aromatic nitrogens is 4. The van der Waals surface area contributed by atoms with E-state index in [1.807, 2.05) is 0 Å². The number of hydrogen-bond acceptors (Lipinski definition) is 5. The summed E-state index contributed by atoms with van der Waals surface area (Å²) in [6.45, 7) is 0. The average Bonchev–Trinajstić information content (AvgIpc) is 2.85. The van der Waals surface area contributed by atoms with Crippen molar-refractivity contribution in [3.05, 3.63) is 40.9 Å². The van der Waals surface area contributed by atoms with Gasteiger partial charge < -0.3 is 15.0 Å². The smallest absolute Gasteiger partial charge is 0.406 e. The minimum Gasteiger partial charge on any atom is -0.406 e. The summed E-state index contributed by atoms with van der Waals surface area (Å²) in [4.78, 5) is 24.7. The lowest BCUT2D eigenvalue weighted by atomic mass is 10.3. The molecule has 114 valence electrons. The van der Waals surface area contributed by atoms with Crippen molar-refractivity contribution in [1.29, 1.82) is 0 Å². The van der Waals surface area contributed by atoms with E-state index in [9.17, 15) is 18.0 Å². The largest absolute Gasteiger partial charge is 0.573 e. The second kappa shape index (κ2) is 5.06. The Balaban J connectivity index is 1.88. The Bertz CT molecular complexity index is 871. The predicted octanol–water partition coefficient (Wildman–Crippen LogP) is 2.29. The first-order valence-corrected chi connectivity index (χ1v) is 5.97. The molecule has 0 aliphatic heterocycles. The zero-order valence-electron chi connectivity index (χ0n) is 10.7. The van der Waals surface area contributed by atoms with Gasteiger partial charge in [-0.15, -0.1) is 13.2 Å². The molecule has 0 spiro atoms. The second-order valence-corrected chi connectivity index (χ2v) is 4.22. The highest BCUT2D eigenvalue weighted by molar-refractivity contribution is 5.70. The molecule has 3 aromatic rings. The maximum absolute atomic E-state index is 12.2. The fourth-order valence-corrected chi connectivity index (χ4v) is 1.81. The standard InChI is InChI=1S/C12H8F3N5O2/c13-12(14,15)22-7-3-1-2-6(4-7)18-11-19-9-8(10(21)20-11)16-5-17-9/h1-5H,(H3,16,17,18,19,20,21). The van der Waals surface area contributed by atoms with E-state index in [1.165, 1.54) is 18.5 Å². The normalized spacial score (nSPS) is 11.6. The molecule has 2 heterocycles. The van der Waals surface area contributed by atoms with Gasteiger partial charge in [0.2, 0.25) is 5.95 Å². The van der Waals surface area contributed by atoms with Crippen molar-refractivity contribution >= 4 is 22.8 Å². The quantitative estimate of drug-likeness (QED) is 0.689. The molecule has 0 aliphatic carbocycles. The molecule has 0 saturated heterocycles. The number of nitrogens with zero attached hydrogens (tertiary/aromatic N) is 2. The molecule has 10 heteroatoms. The number of anilines is 2. The van der Waals surface area contributed by atoms with Gasteiger partial charge in [0, 0.05) is 11.8 Å². The molecular formula is C12H8F3N5O2. The van der Waals surface area contributed by atoms with Gasteiger partial charge >= 0.3 is 6.36 Å². The van der Waals surface area contributed by atoms with E-state index in [-0.39, 0.29) is 28.5 Å². The van der Waals surface area contributed by atoms with Gasteiger partial charge in [0.15, 0.2) is 11.2 Å². The highest BCUT2D eigenvalue weighted by Crippen LogP contribution is 2.25. The van der Waals surface area contributed by atoms with Gasteiger partial charge in [0.1, 0.15) is 5.75 Å². The molecule has 2 aromatic heterocycles. The lowest BCUT2D eigenvalue weighted by molar-refractivity contribution is -0.274. The summed E-state index contributed by atoms with van der Waals surface area (Å²) in [5.41, 5.74) is 0.209. The fraction of sp³-hybridized carbons (Fsp3) is 0.0833. The zero-order chi connectivity index (χ0) is 15.7. The van der Waals surface area contributed by atoms with Crippen LogP contribution in [0.2, 0.25) is 0 Å². The van der Waals surface area contributed by atoms with Crippen LogP contribution in [0.5, 0.6) is 5.75 Å². The van der Waals surface area contributed by atoms with Crippen molar-refractivity contribution in [3.8, 4) is 5.75 Å². The molecule has 0 atom stereocenters. The molecule has 0 fully saturated rings. The summed E-state index contributed by atoms with van der Waals surface area (Å²) in [5.74, 6) is -0.338. The minimum absolute atomic E-state index is 0.0498. The number of rotatable bonds is 3. The Morgan fingerprint density at radius 3 is 2.86 bits per heavy atom. The van der Waals surface area contributed by atoms with Crippen LogP contribution in [0, 0.1) is 0 Å². The molecule has 0 radical (unpaired) electrons. The van der Waals surface area contributed by atoms with Crippen LogP contribution in [-0.4, -0.2) is 26.3 Å². The lowest BCUT2D eigenvalue weighted by Gasteiger charge is -2.10.